The van der Waals surface area contributed by atoms with E-state index in [0.29, 0.717) is 8.96 Å². The molecule has 3 N–H and O–H groups in total. The minimum atomic E-state index is -1.85. The maximum Gasteiger partial charge on any atom is 0.316 e. The highest BCUT2D eigenvalue weighted by Gasteiger charge is 2.66. The zero-order valence-corrected chi connectivity index (χ0v) is 18.0. The lowest BCUT2D eigenvalue weighted by molar-refractivity contribution is -0.168. The molecule has 0 spiro atoms. The van der Waals surface area contributed by atoms with Gasteiger partial charge in [0.1, 0.15) is 10.8 Å². The van der Waals surface area contributed by atoms with Crippen LogP contribution in [0.2, 0.25) is 0 Å². The Morgan fingerprint density at radius 2 is 1.36 bits per heavy atom. The molecule has 9 heteroatoms. The van der Waals surface area contributed by atoms with Crippen LogP contribution in [0.4, 0.5) is 0 Å². The summed E-state index contributed by atoms with van der Waals surface area (Å²) in [5.74, 6) is -2.60. The topological polar surface area (TPSA) is 94.8 Å². The average Bonchev–Trinajstić information content (AvgIpc) is 2.42. The zero-order valence-electron chi connectivity index (χ0n) is 11.7. The van der Waals surface area contributed by atoms with E-state index >= 15 is 0 Å². The second-order valence-corrected chi connectivity index (χ2v) is 8.26. The van der Waals surface area contributed by atoms with Crippen LogP contribution < -0.4 is 0 Å². The Labute approximate surface area is 161 Å². The fraction of sp³-hybridized carbons (Fsp3) is 0.538. The molecule has 0 fully saturated rings. The summed E-state index contributed by atoms with van der Waals surface area (Å²) in [6.45, 7) is 3.04. The second-order valence-electron chi connectivity index (χ2n) is 5.08. The largest absolute Gasteiger partial charge is 0.481 e. The van der Waals surface area contributed by atoms with Gasteiger partial charge < -0.3 is 15.3 Å². The van der Waals surface area contributed by atoms with Gasteiger partial charge in [-0.3, -0.25) is 9.59 Å². The van der Waals surface area contributed by atoms with E-state index in [1.54, 1.807) is 6.92 Å². The molecule has 0 saturated carbocycles. The predicted molar refractivity (Wildman–Crippen MR) is 96.5 cm³/mol. The molecule has 0 aromatic rings. The van der Waals surface area contributed by atoms with Crippen LogP contribution in [-0.4, -0.2) is 33.4 Å². The Morgan fingerprint density at radius 1 is 1.00 bits per heavy atom. The van der Waals surface area contributed by atoms with E-state index in [1.165, 1.54) is 6.92 Å². The normalized spacial score (nSPS) is 30.5. The molecule has 0 aromatic carbocycles. The molecule has 3 unspecified atom stereocenters. The minimum Gasteiger partial charge on any atom is -0.481 e. The first-order valence-electron chi connectivity index (χ1n) is 6.27. The number of carboxylic acids is 2. The average molecular weight is 570 g/mol. The SMILES string of the molecule is CCC1(C(=O)O)C(Br)=C(Br)C(Br)=C(Br)C1(CC(C)O)C(=O)O. The van der Waals surface area contributed by atoms with E-state index < -0.39 is 28.9 Å². The first-order chi connectivity index (χ1) is 10.0. The van der Waals surface area contributed by atoms with E-state index in [4.69, 9.17) is 0 Å². The molecule has 3 atom stereocenters. The van der Waals surface area contributed by atoms with Gasteiger partial charge in [0.2, 0.25) is 0 Å². The van der Waals surface area contributed by atoms with Gasteiger partial charge in [-0.2, -0.15) is 0 Å². The van der Waals surface area contributed by atoms with E-state index in [1.807, 2.05) is 0 Å². The van der Waals surface area contributed by atoms with E-state index in [2.05, 4.69) is 63.7 Å². The smallest absolute Gasteiger partial charge is 0.316 e. The van der Waals surface area contributed by atoms with Crippen LogP contribution in [-0.2, 0) is 9.59 Å². The van der Waals surface area contributed by atoms with Crippen molar-refractivity contribution in [2.45, 2.75) is 32.8 Å². The number of carboxylic acid groups (broad SMARTS) is 2. The summed E-state index contributed by atoms with van der Waals surface area (Å²) in [5, 5.41) is 29.6. The minimum absolute atomic E-state index is 0.0203. The van der Waals surface area contributed by atoms with Crippen molar-refractivity contribution in [2.75, 3.05) is 0 Å². The maximum atomic E-state index is 12.2. The van der Waals surface area contributed by atoms with Gasteiger partial charge >= 0.3 is 11.9 Å². The van der Waals surface area contributed by atoms with Crippen molar-refractivity contribution in [2.24, 2.45) is 10.8 Å². The Balaban J connectivity index is 3.96. The van der Waals surface area contributed by atoms with Gasteiger partial charge in [0, 0.05) is 17.9 Å². The van der Waals surface area contributed by atoms with Crippen LogP contribution in [0.1, 0.15) is 26.7 Å². The van der Waals surface area contributed by atoms with Gasteiger partial charge in [0.25, 0.3) is 0 Å². The van der Waals surface area contributed by atoms with Crippen molar-refractivity contribution in [1.29, 1.82) is 0 Å². The standard InChI is InChI=1S/C13H14Br4O5/c1-3-12(10(19)20)8(16)6(14)7(15)9(17)13(12,11(21)22)4-5(2)18/h5,18H,3-4H2,1-2H3,(H,19,20)(H,21,22). The first kappa shape index (κ1) is 20.3. The number of hydrogen-bond donors (Lipinski definition) is 3. The summed E-state index contributed by atoms with van der Waals surface area (Å²) in [6, 6.07) is 0. The quantitative estimate of drug-likeness (QED) is 0.458. The molecule has 0 bridgehead atoms. The monoisotopic (exact) mass is 566 g/mol. The van der Waals surface area contributed by atoms with Crippen LogP contribution in [0.3, 0.4) is 0 Å². The number of halogens is 4. The van der Waals surface area contributed by atoms with Crippen molar-refractivity contribution >= 4 is 75.7 Å². The summed E-state index contributed by atoms with van der Waals surface area (Å²) in [6.07, 6.45) is -1.24. The predicted octanol–water partition coefficient (Wildman–Crippen LogP) is 4.33. The van der Waals surface area contributed by atoms with Crippen LogP contribution >= 0.6 is 63.7 Å². The Kier molecular flexibility index (Phi) is 6.51. The van der Waals surface area contributed by atoms with Gasteiger partial charge in [0.05, 0.1) is 6.10 Å². The van der Waals surface area contributed by atoms with Crippen molar-refractivity contribution in [3.05, 3.63) is 17.9 Å². The molecule has 1 rings (SSSR count). The van der Waals surface area contributed by atoms with Crippen molar-refractivity contribution in [3.8, 4) is 0 Å². The molecule has 0 amide bonds. The third kappa shape index (κ3) is 2.66. The molecule has 5 nitrogen and oxygen atoms in total. The summed E-state index contributed by atoms with van der Waals surface area (Å²) in [5.41, 5.74) is -3.61. The second kappa shape index (κ2) is 7.04. The number of allylic oxidation sites excluding steroid dienone is 2. The lowest BCUT2D eigenvalue weighted by Crippen LogP contribution is -2.56. The highest BCUT2D eigenvalue weighted by Crippen LogP contribution is 2.65. The fourth-order valence-corrected chi connectivity index (χ4v) is 6.36. The van der Waals surface area contributed by atoms with Gasteiger partial charge in [-0.05, 0) is 51.6 Å². The highest BCUT2D eigenvalue weighted by molar-refractivity contribution is 9.17. The summed E-state index contributed by atoms with van der Waals surface area (Å²) in [4.78, 5) is 24.3. The Hall–Kier alpha value is 0.300. The molecule has 0 aromatic heterocycles. The van der Waals surface area contributed by atoms with E-state index in [-0.39, 0.29) is 21.8 Å². The summed E-state index contributed by atoms with van der Waals surface area (Å²) in [7, 11) is 0. The van der Waals surface area contributed by atoms with E-state index in [9.17, 15) is 24.9 Å². The first-order valence-corrected chi connectivity index (χ1v) is 9.44. The Bertz CT molecular complexity index is 583. The van der Waals surface area contributed by atoms with E-state index in [0.717, 1.165) is 0 Å². The lowest BCUT2D eigenvalue weighted by atomic mass is 9.57. The molecule has 0 heterocycles. The van der Waals surface area contributed by atoms with Crippen LogP contribution in [0.15, 0.2) is 17.9 Å². The molecule has 0 aliphatic heterocycles. The summed E-state index contributed by atoms with van der Waals surface area (Å²) < 4.78 is 1.21. The molecule has 1 aliphatic carbocycles. The van der Waals surface area contributed by atoms with Crippen LogP contribution in [0, 0.1) is 10.8 Å². The molecule has 1 aliphatic rings. The van der Waals surface area contributed by atoms with Crippen molar-refractivity contribution in [3.63, 3.8) is 0 Å². The number of hydrogen-bond acceptors (Lipinski definition) is 3. The highest BCUT2D eigenvalue weighted by atomic mass is 79.9. The van der Waals surface area contributed by atoms with Crippen molar-refractivity contribution in [1.82, 2.24) is 0 Å². The van der Waals surface area contributed by atoms with Gasteiger partial charge in [-0.15, -0.1) is 0 Å². The molecular formula is C13H14Br4O5. The van der Waals surface area contributed by atoms with Gasteiger partial charge in [-0.25, -0.2) is 0 Å². The lowest BCUT2D eigenvalue weighted by Gasteiger charge is -2.48. The molecular weight excluding hydrogens is 556 g/mol. The number of rotatable bonds is 5. The van der Waals surface area contributed by atoms with Crippen molar-refractivity contribution < 1.29 is 24.9 Å². The molecule has 124 valence electrons. The third-order valence-corrected chi connectivity index (χ3v) is 9.25. The molecule has 0 radical (unpaired) electrons. The molecule has 0 saturated heterocycles. The molecule has 22 heavy (non-hydrogen) atoms. The number of aliphatic hydroxyl groups excluding tert-OH is 1. The Morgan fingerprint density at radius 3 is 1.64 bits per heavy atom. The fourth-order valence-electron chi connectivity index (χ4n) is 2.90. The number of carbonyl (C=O) groups is 2. The van der Waals surface area contributed by atoms with Gasteiger partial charge in [-0.1, -0.05) is 38.8 Å². The maximum absolute atomic E-state index is 12.2. The zero-order chi connectivity index (χ0) is 17.5. The van der Waals surface area contributed by atoms with Crippen LogP contribution in [0.25, 0.3) is 0 Å². The summed E-state index contributed by atoms with van der Waals surface area (Å²) >= 11 is 13.1. The van der Waals surface area contributed by atoms with Gasteiger partial charge in [0.15, 0.2) is 0 Å². The van der Waals surface area contributed by atoms with Crippen LogP contribution in [0.5, 0.6) is 0 Å². The number of aliphatic carboxylic acids is 2. The third-order valence-electron chi connectivity index (χ3n) is 3.92. The number of aliphatic hydroxyl groups is 1.